The predicted molar refractivity (Wildman–Crippen MR) is 79.0 cm³/mol. The quantitative estimate of drug-likeness (QED) is 0.621. The van der Waals surface area contributed by atoms with Crippen molar-refractivity contribution in [2.24, 2.45) is 0 Å². The van der Waals surface area contributed by atoms with Crippen LogP contribution >= 0.6 is 12.2 Å². The molecule has 19 heavy (non-hydrogen) atoms. The maximum Gasteiger partial charge on any atom is 0.138 e. The Kier molecular flexibility index (Phi) is 3.05. The zero-order valence-electron chi connectivity index (χ0n) is 10.4. The van der Waals surface area contributed by atoms with E-state index in [-0.39, 0.29) is 0 Å². The highest BCUT2D eigenvalue weighted by Crippen LogP contribution is 2.28. The number of hydrogen-bond acceptors (Lipinski definition) is 3. The molecule has 0 aliphatic rings. The molecule has 0 saturated heterocycles. The van der Waals surface area contributed by atoms with E-state index in [2.05, 4.69) is 0 Å². The van der Waals surface area contributed by atoms with Crippen molar-refractivity contribution in [3.05, 3.63) is 59.3 Å². The van der Waals surface area contributed by atoms with Gasteiger partial charge in [-0.1, -0.05) is 42.5 Å². The lowest BCUT2D eigenvalue weighted by Crippen LogP contribution is -1.85. The molecule has 0 radical (unpaired) electrons. The summed E-state index contributed by atoms with van der Waals surface area (Å²) in [5.41, 5.74) is 2.74. The second-order valence-electron chi connectivity index (χ2n) is 4.21. The summed E-state index contributed by atoms with van der Waals surface area (Å²) in [5, 5.41) is 0.928. The summed E-state index contributed by atoms with van der Waals surface area (Å²) in [6, 6.07) is 15.7. The van der Waals surface area contributed by atoms with Gasteiger partial charge in [-0.2, -0.15) is 0 Å². The second-order valence-corrected chi connectivity index (χ2v) is 4.61. The van der Waals surface area contributed by atoms with Gasteiger partial charge in [0, 0.05) is 17.0 Å². The van der Waals surface area contributed by atoms with Gasteiger partial charge >= 0.3 is 0 Å². The maximum atomic E-state index is 5.67. The molecule has 3 rings (SSSR count). The fourth-order valence-corrected chi connectivity index (χ4v) is 2.39. The number of rotatable bonds is 2. The second kappa shape index (κ2) is 4.86. The summed E-state index contributed by atoms with van der Waals surface area (Å²) in [4.78, 5) is 0. The van der Waals surface area contributed by atoms with Crippen LogP contribution in [-0.4, -0.2) is 7.11 Å². The van der Waals surface area contributed by atoms with Crippen LogP contribution in [0.15, 0.2) is 59.2 Å². The molecule has 0 aliphatic heterocycles. The molecule has 2 aromatic carbocycles. The van der Waals surface area contributed by atoms with Crippen LogP contribution in [0.2, 0.25) is 0 Å². The summed E-state index contributed by atoms with van der Waals surface area (Å²) >= 11 is 5.55. The van der Waals surface area contributed by atoms with Crippen molar-refractivity contribution < 1.29 is 9.15 Å². The van der Waals surface area contributed by atoms with Crippen LogP contribution in [0.3, 0.4) is 0 Å². The Bertz CT molecular complexity index is 776. The average Bonchev–Trinajstić information content (AvgIpc) is 2.48. The Labute approximate surface area is 116 Å². The Morgan fingerprint density at radius 1 is 1.05 bits per heavy atom. The monoisotopic (exact) mass is 268 g/mol. The highest BCUT2D eigenvalue weighted by molar-refractivity contribution is 7.71. The first-order valence-electron chi connectivity index (χ1n) is 5.94. The lowest BCUT2D eigenvalue weighted by Gasteiger charge is -2.05. The van der Waals surface area contributed by atoms with Crippen molar-refractivity contribution in [3.8, 4) is 16.9 Å². The van der Waals surface area contributed by atoms with Crippen LogP contribution in [0.25, 0.3) is 22.1 Å². The van der Waals surface area contributed by atoms with Gasteiger partial charge in [-0.05, 0) is 17.7 Å². The van der Waals surface area contributed by atoms with Gasteiger partial charge in [-0.3, -0.25) is 0 Å². The van der Waals surface area contributed by atoms with Gasteiger partial charge in [-0.15, -0.1) is 0 Å². The van der Waals surface area contributed by atoms with E-state index in [1.54, 1.807) is 13.4 Å². The number of hydrogen-bond donors (Lipinski definition) is 0. The van der Waals surface area contributed by atoms with E-state index in [4.69, 9.17) is 21.4 Å². The largest absolute Gasteiger partial charge is 0.497 e. The van der Waals surface area contributed by atoms with E-state index in [0.29, 0.717) is 0 Å². The summed E-state index contributed by atoms with van der Waals surface area (Å²) in [6.07, 6.45) is 1.71. The standard InChI is InChI=1S/C16H12O2S/c1-17-12-7-8-13-15(9-12)18-10-14(16(13)19)11-5-3-2-4-6-11/h2-10H,1H3. The van der Waals surface area contributed by atoms with Crippen LogP contribution in [0.5, 0.6) is 5.75 Å². The lowest BCUT2D eigenvalue weighted by atomic mass is 10.1. The van der Waals surface area contributed by atoms with Gasteiger partial charge in [0.1, 0.15) is 17.6 Å². The molecule has 2 nitrogen and oxygen atoms in total. The summed E-state index contributed by atoms with van der Waals surface area (Å²) < 4.78 is 11.7. The van der Waals surface area contributed by atoms with E-state index in [1.807, 2.05) is 48.5 Å². The summed E-state index contributed by atoms with van der Waals surface area (Å²) in [7, 11) is 1.63. The lowest BCUT2D eigenvalue weighted by molar-refractivity contribution is 0.414. The smallest absolute Gasteiger partial charge is 0.138 e. The van der Waals surface area contributed by atoms with Gasteiger partial charge in [0.2, 0.25) is 0 Å². The van der Waals surface area contributed by atoms with E-state index >= 15 is 0 Å². The number of benzene rings is 2. The van der Waals surface area contributed by atoms with Gasteiger partial charge in [0.25, 0.3) is 0 Å². The SMILES string of the molecule is COc1ccc2c(=S)c(-c3ccccc3)coc2c1. The molecule has 0 aliphatic carbocycles. The molecule has 3 heteroatoms. The molecule has 0 unspecified atom stereocenters. The van der Waals surface area contributed by atoms with Crippen LogP contribution in [0, 0.1) is 4.51 Å². The minimum Gasteiger partial charge on any atom is -0.497 e. The summed E-state index contributed by atoms with van der Waals surface area (Å²) in [6.45, 7) is 0. The minimum absolute atomic E-state index is 0.740. The van der Waals surface area contributed by atoms with Crippen LogP contribution in [0.4, 0.5) is 0 Å². The molecule has 0 N–H and O–H groups in total. The molecule has 0 bridgehead atoms. The zero-order chi connectivity index (χ0) is 13.2. The van der Waals surface area contributed by atoms with Crippen LogP contribution < -0.4 is 4.74 Å². The first-order chi connectivity index (χ1) is 9.29. The third kappa shape index (κ3) is 2.13. The van der Waals surface area contributed by atoms with Crippen molar-refractivity contribution in [2.45, 2.75) is 0 Å². The topological polar surface area (TPSA) is 22.4 Å². The highest BCUT2D eigenvalue weighted by atomic mass is 32.1. The Morgan fingerprint density at radius 3 is 2.58 bits per heavy atom. The zero-order valence-corrected chi connectivity index (χ0v) is 11.2. The molecule has 1 aromatic heterocycles. The molecule has 94 valence electrons. The number of fused-ring (bicyclic) bond motifs is 1. The van der Waals surface area contributed by atoms with E-state index in [9.17, 15) is 0 Å². The van der Waals surface area contributed by atoms with Crippen molar-refractivity contribution in [3.63, 3.8) is 0 Å². The predicted octanol–water partition coefficient (Wildman–Crippen LogP) is 4.84. The third-order valence-corrected chi connectivity index (χ3v) is 3.51. The van der Waals surface area contributed by atoms with Crippen molar-refractivity contribution >= 4 is 23.2 Å². The Morgan fingerprint density at radius 2 is 1.84 bits per heavy atom. The fourth-order valence-electron chi connectivity index (χ4n) is 2.05. The molecule has 1 heterocycles. The van der Waals surface area contributed by atoms with Gasteiger partial charge < -0.3 is 9.15 Å². The Balaban J connectivity index is 2.25. The molecule has 3 aromatic rings. The molecule has 0 fully saturated rings. The molecule has 0 amide bonds. The first-order valence-corrected chi connectivity index (χ1v) is 6.35. The number of methoxy groups -OCH3 is 1. The normalized spacial score (nSPS) is 10.6. The van der Waals surface area contributed by atoms with Crippen LogP contribution in [-0.2, 0) is 0 Å². The third-order valence-electron chi connectivity index (χ3n) is 3.07. The van der Waals surface area contributed by atoms with Crippen LogP contribution in [0.1, 0.15) is 0 Å². The average molecular weight is 268 g/mol. The van der Waals surface area contributed by atoms with Gasteiger partial charge in [0.15, 0.2) is 0 Å². The van der Waals surface area contributed by atoms with Crippen molar-refractivity contribution in [1.82, 2.24) is 0 Å². The minimum atomic E-state index is 0.740. The van der Waals surface area contributed by atoms with Crippen molar-refractivity contribution in [1.29, 1.82) is 0 Å². The van der Waals surface area contributed by atoms with E-state index < -0.39 is 0 Å². The van der Waals surface area contributed by atoms with Gasteiger partial charge in [-0.25, -0.2) is 0 Å². The molecular formula is C16H12O2S. The van der Waals surface area contributed by atoms with E-state index in [0.717, 1.165) is 32.4 Å². The Hall–Kier alpha value is -2.13. The fraction of sp³-hybridized carbons (Fsp3) is 0.0625. The highest BCUT2D eigenvalue weighted by Gasteiger charge is 2.06. The van der Waals surface area contributed by atoms with E-state index in [1.165, 1.54) is 0 Å². The number of ether oxygens (including phenoxy) is 1. The molecule has 0 spiro atoms. The molecule has 0 saturated carbocycles. The van der Waals surface area contributed by atoms with Gasteiger partial charge in [0.05, 0.1) is 11.6 Å². The summed E-state index contributed by atoms with van der Waals surface area (Å²) in [5.74, 6) is 0.762. The molecular weight excluding hydrogens is 256 g/mol. The van der Waals surface area contributed by atoms with Crippen molar-refractivity contribution in [2.75, 3.05) is 7.11 Å². The molecule has 0 atom stereocenters. The maximum absolute atomic E-state index is 5.67. The first kappa shape index (κ1) is 11.9.